The maximum absolute atomic E-state index is 5.87. The normalized spacial score (nSPS) is 18.6. The number of nitrogens with one attached hydrogen (secondary N) is 1. The lowest BCUT2D eigenvalue weighted by Gasteiger charge is -2.25. The molecule has 1 heterocycles. The molecular formula is C16H24N4S. The van der Waals surface area contributed by atoms with Gasteiger partial charge in [-0.1, -0.05) is 12.2 Å². The van der Waals surface area contributed by atoms with E-state index in [1.807, 2.05) is 0 Å². The summed E-state index contributed by atoms with van der Waals surface area (Å²) >= 11 is 5.19. The van der Waals surface area contributed by atoms with Crippen molar-refractivity contribution in [3.8, 4) is 0 Å². The largest absolute Gasteiger partial charge is 0.389 e. The van der Waals surface area contributed by atoms with Gasteiger partial charge in [0.2, 0.25) is 0 Å². The molecule has 0 aromatic carbocycles. The van der Waals surface area contributed by atoms with Gasteiger partial charge >= 0.3 is 0 Å². The predicted molar refractivity (Wildman–Crippen MR) is 90.9 cm³/mol. The van der Waals surface area contributed by atoms with Crippen LogP contribution in [0.4, 0.5) is 5.82 Å². The van der Waals surface area contributed by atoms with Crippen molar-refractivity contribution in [1.29, 1.82) is 0 Å². The van der Waals surface area contributed by atoms with Gasteiger partial charge in [0.1, 0.15) is 10.8 Å². The molecule has 1 unspecified atom stereocenters. The van der Waals surface area contributed by atoms with Gasteiger partial charge in [-0.15, -0.1) is 0 Å². The van der Waals surface area contributed by atoms with Gasteiger partial charge < -0.3 is 11.1 Å². The number of aromatic nitrogens is 1. The molecule has 3 N–H and O–H groups in total. The molecule has 1 aromatic rings. The second-order valence-electron chi connectivity index (χ2n) is 6.33. The van der Waals surface area contributed by atoms with E-state index in [4.69, 9.17) is 22.9 Å². The van der Waals surface area contributed by atoms with Gasteiger partial charge in [0.05, 0.1) is 5.56 Å². The molecule has 2 aliphatic rings. The molecule has 0 aliphatic heterocycles. The number of pyridine rings is 1. The van der Waals surface area contributed by atoms with Crippen LogP contribution in [0.3, 0.4) is 0 Å². The van der Waals surface area contributed by atoms with E-state index in [2.05, 4.69) is 30.3 Å². The zero-order chi connectivity index (χ0) is 15.0. The summed E-state index contributed by atoms with van der Waals surface area (Å²) < 4.78 is 0. The molecule has 1 saturated carbocycles. The highest BCUT2D eigenvalue weighted by atomic mass is 32.1. The Kier molecular flexibility index (Phi) is 4.13. The Morgan fingerprint density at radius 1 is 1.52 bits per heavy atom. The first kappa shape index (κ1) is 14.7. The van der Waals surface area contributed by atoms with Crippen LogP contribution in [0.1, 0.15) is 43.0 Å². The highest BCUT2D eigenvalue weighted by Crippen LogP contribution is 2.28. The molecule has 0 amide bonds. The summed E-state index contributed by atoms with van der Waals surface area (Å²) in [5.41, 5.74) is 9.29. The number of nitrogens with two attached hydrogens (primary N) is 1. The molecule has 0 bridgehead atoms. The summed E-state index contributed by atoms with van der Waals surface area (Å²) in [6, 6.07) is 3.38. The molecule has 5 heteroatoms. The molecule has 2 aliphatic carbocycles. The van der Waals surface area contributed by atoms with E-state index < -0.39 is 0 Å². The first-order chi connectivity index (χ1) is 10.1. The minimum absolute atomic E-state index is 0.433. The zero-order valence-corrected chi connectivity index (χ0v) is 13.7. The number of nitrogens with zero attached hydrogens (tertiary/aromatic N) is 2. The number of hydrogen-bond acceptors (Lipinski definition) is 4. The molecule has 1 atom stereocenters. The summed E-state index contributed by atoms with van der Waals surface area (Å²) in [6.07, 6.45) is 6.01. The van der Waals surface area contributed by atoms with E-state index in [1.165, 1.54) is 30.5 Å². The minimum Gasteiger partial charge on any atom is -0.389 e. The highest BCUT2D eigenvalue weighted by molar-refractivity contribution is 7.80. The van der Waals surface area contributed by atoms with Crippen molar-refractivity contribution in [2.24, 2.45) is 5.73 Å². The Balaban J connectivity index is 1.73. The molecule has 3 rings (SSSR count). The van der Waals surface area contributed by atoms with Crippen LogP contribution in [0.2, 0.25) is 0 Å². The SMILES string of the molecule is CC(CNc1nc2c(cc1C(N)=S)CCC2)N(C)C1CC1. The fraction of sp³-hybridized carbons (Fsp3) is 0.625. The van der Waals surface area contributed by atoms with Crippen LogP contribution in [-0.2, 0) is 12.8 Å². The first-order valence-corrected chi connectivity index (χ1v) is 8.25. The average molecular weight is 304 g/mol. The number of aryl methyl sites for hydroxylation is 2. The average Bonchev–Trinajstić information content (AvgIpc) is 3.21. The Morgan fingerprint density at radius 3 is 2.95 bits per heavy atom. The van der Waals surface area contributed by atoms with E-state index in [0.717, 1.165) is 36.8 Å². The predicted octanol–water partition coefficient (Wildman–Crippen LogP) is 2.10. The van der Waals surface area contributed by atoms with Crippen LogP contribution in [0.25, 0.3) is 0 Å². The standard InChI is InChI=1S/C16H24N4S/c1-10(20(2)12-6-7-12)9-18-16-13(15(17)21)8-11-4-3-5-14(11)19-16/h8,10,12H,3-7,9H2,1-2H3,(H2,17,21)(H,18,19). The van der Waals surface area contributed by atoms with Gasteiger partial charge in [-0.3, -0.25) is 4.90 Å². The van der Waals surface area contributed by atoms with Crippen molar-refractivity contribution in [2.75, 3.05) is 18.9 Å². The third-order valence-corrected chi connectivity index (χ3v) is 4.92. The lowest BCUT2D eigenvalue weighted by molar-refractivity contribution is 0.257. The van der Waals surface area contributed by atoms with Crippen molar-refractivity contribution in [3.05, 3.63) is 22.9 Å². The second-order valence-corrected chi connectivity index (χ2v) is 6.77. The van der Waals surface area contributed by atoms with Crippen LogP contribution < -0.4 is 11.1 Å². The maximum Gasteiger partial charge on any atom is 0.136 e. The highest BCUT2D eigenvalue weighted by Gasteiger charge is 2.29. The lowest BCUT2D eigenvalue weighted by Crippen LogP contribution is -2.36. The van der Waals surface area contributed by atoms with E-state index in [-0.39, 0.29) is 0 Å². The molecule has 4 nitrogen and oxygen atoms in total. The lowest BCUT2D eigenvalue weighted by atomic mass is 10.1. The summed E-state index contributed by atoms with van der Waals surface area (Å²) in [5.74, 6) is 0.860. The Hall–Kier alpha value is -1.20. The van der Waals surface area contributed by atoms with Crippen molar-refractivity contribution in [3.63, 3.8) is 0 Å². The Bertz CT molecular complexity index is 553. The van der Waals surface area contributed by atoms with Crippen LogP contribution in [0.15, 0.2) is 6.07 Å². The fourth-order valence-corrected chi connectivity index (χ4v) is 3.18. The third kappa shape index (κ3) is 3.19. The van der Waals surface area contributed by atoms with Gasteiger partial charge in [0.25, 0.3) is 0 Å². The molecule has 1 aromatic heterocycles. The second kappa shape index (κ2) is 5.89. The molecule has 114 valence electrons. The van der Waals surface area contributed by atoms with Gasteiger partial charge in [-0.2, -0.15) is 0 Å². The van der Waals surface area contributed by atoms with E-state index in [1.54, 1.807) is 0 Å². The number of thiocarbonyl (C=S) groups is 1. The van der Waals surface area contributed by atoms with Gasteiger partial charge in [0, 0.05) is 24.3 Å². The monoisotopic (exact) mass is 304 g/mol. The summed E-state index contributed by atoms with van der Waals surface area (Å²) in [4.78, 5) is 7.65. The summed E-state index contributed by atoms with van der Waals surface area (Å²) in [7, 11) is 2.20. The van der Waals surface area contributed by atoms with Gasteiger partial charge in [0.15, 0.2) is 0 Å². The zero-order valence-electron chi connectivity index (χ0n) is 12.9. The van der Waals surface area contributed by atoms with Crippen molar-refractivity contribution in [2.45, 2.75) is 51.1 Å². The van der Waals surface area contributed by atoms with Crippen molar-refractivity contribution < 1.29 is 0 Å². The quantitative estimate of drug-likeness (QED) is 0.788. The number of fused-ring (bicyclic) bond motifs is 1. The fourth-order valence-electron chi connectivity index (χ4n) is 3.02. The maximum atomic E-state index is 5.87. The number of likely N-dealkylation sites (N-methyl/N-ethyl adjacent to an activating group) is 1. The van der Waals surface area contributed by atoms with Crippen LogP contribution in [0, 0.1) is 0 Å². The van der Waals surface area contributed by atoms with Crippen LogP contribution in [0.5, 0.6) is 0 Å². The van der Waals surface area contributed by atoms with Gasteiger partial charge in [-0.05, 0) is 57.7 Å². The first-order valence-electron chi connectivity index (χ1n) is 7.84. The van der Waals surface area contributed by atoms with Gasteiger partial charge in [-0.25, -0.2) is 4.98 Å². The summed E-state index contributed by atoms with van der Waals surface area (Å²) in [6.45, 7) is 3.12. The van der Waals surface area contributed by atoms with Crippen LogP contribution in [-0.4, -0.2) is 40.5 Å². The molecular weight excluding hydrogens is 280 g/mol. The minimum atomic E-state index is 0.433. The van der Waals surface area contributed by atoms with E-state index in [0.29, 0.717) is 11.0 Å². The molecule has 0 saturated heterocycles. The smallest absolute Gasteiger partial charge is 0.136 e. The van der Waals surface area contributed by atoms with Crippen LogP contribution >= 0.6 is 12.2 Å². The Labute approximate surface area is 132 Å². The number of hydrogen-bond donors (Lipinski definition) is 2. The Morgan fingerprint density at radius 2 is 2.29 bits per heavy atom. The third-order valence-electron chi connectivity index (χ3n) is 4.70. The van der Waals surface area contributed by atoms with E-state index in [9.17, 15) is 0 Å². The number of rotatable bonds is 6. The topological polar surface area (TPSA) is 54.2 Å². The molecule has 0 spiro atoms. The van der Waals surface area contributed by atoms with E-state index >= 15 is 0 Å². The number of anilines is 1. The van der Waals surface area contributed by atoms with Crippen molar-refractivity contribution in [1.82, 2.24) is 9.88 Å². The summed E-state index contributed by atoms with van der Waals surface area (Å²) in [5, 5.41) is 3.47. The molecule has 0 radical (unpaired) electrons. The molecule has 1 fully saturated rings. The van der Waals surface area contributed by atoms with Crippen molar-refractivity contribution >= 4 is 23.0 Å². The molecule has 21 heavy (non-hydrogen) atoms.